The topological polar surface area (TPSA) is 24.9 Å². The predicted molar refractivity (Wildman–Crippen MR) is 58.3 cm³/mol. The van der Waals surface area contributed by atoms with E-state index >= 15 is 0 Å². The molecule has 0 spiro atoms. The lowest BCUT2D eigenvalue weighted by Gasteiger charge is -2.04. The number of hydrogen-bond acceptors (Lipinski definition) is 2. The molecule has 0 unspecified atom stereocenters. The molecule has 0 amide bonds. The smallest absolute Gasteiger partial charge is 0.126 e. The van der Waals surface area contributed by atoms with Crippen molar-refractivity contribution in [3.63, 3.8) is 0 Å². The molecule has 1 aliphatic carbocycles. The summed E-state index contributed by atoms with van der Waals surface area (Å²) in [5.74, 6) is 0.606. The fourth-order valence-corrected chi connectivity index (χ4v) is 1.61. The second kappa shape index (κ2) is 3.19. The van der Waals surface area contributed by atoms with Crippen molar-refractivity contribution in [3.8, 4) is 0 Å². The van der Waals surface area contributed by atoms with E-state index in [0.29, 0.717) is 11.6 Å². The Morgan fingerprint density at radius 2 is 2.00 bits per heavy atom. The highest BCUT2D eigenvalue weighted by Gasteiger charge is 2.21. The molecule has 1 aliphatic rings. The van der Waals surface area contributed by atoms with Crippen molar-refractivity contribution in [1.82, 2.24) is 4.98 Å². The second-order valence-electron chi connectivity index (χ2n) is 3.95. The summed E-state index contributed by atoms with van der Waals surface area (Å²) in [7, 11) is 0. The van der Waals surface area contributed by atoms with Gasteiger partial charge >= 0.3 is 0 Å². The Bertz CT molecular complexity index is 506. The fraction of sp³-hybridized carbons (Fsp3) is 0.250. The fourth-order valence-electron chi connectivity index (χ4n) is 1.61. The van der Waals surface area contributed by atoms with Gasteiger partial charge in [-0.1, -0.05) is 0 Å². The highest BCUT2D eigenvalue weighted by molar-refractivity contribution is 5.80. The van der Waals surface area contributed by atoms with Crippen LogP contribution in [0.2, 0.25) is 0 Å². The summed E-state index contributed by atoms with van der Waals surface area (Å²) in [6.45, 7) is 0. The molecule has 0 bridgehead atoms. The van der Waals surface area contributed by atoms with Crippen molar-refractivity contribution in [3.05, 3.63) is 36.1 Å². The Labute approximate surface area is 87.1 Å². The van der Waals surface area contributed by atoms with Crippen LogP contribution in [0.4, 0.5) is 10.2 Å². The van der Waals surface area contributed by atoms with Crippen LogP contribution in [0.15, 0.2) is 30.3 Å². The largest absolute Gasteiger partial charge is 0.367 e. The number of pyridine rings is 1. The van der Waals surface area contributed by atoms with Gasteiger partial charge in [-0.3, -0.25) is 0 Å². The van der Waals surface area contributed by atoms with Gasteiger partial charge in [0.2, 0.25) is 0 Å². The highest BCUT2D eigenvalue weighted by Crippen LogP contribution is 2.24. The zero-order chi connectivity index (χ0) is 10.3. The maximum absolute atomic E-state index is 13.0. The van der Waals surface area contributed by atoms with Gasteiger partial charge in [0.1, 0.15) is 11.6 Å². The molecule has 1 aromatic heterocycles. The predicted octanol–water partition coefficient (Wildman–Crippen LogP) is 2.95. The summed E-state index contributed by atoms with van der Waals surface area (Å²) < 4.78 is 13.0. The molecule has 3 heteroatoms. The Kier molecular flexibility index (Phi) is 1.84. The molecule has 2 aromatic rings. The van der Waals surface area contributed by atoms with Crippen molar-refractivity contribution in [2.24, 2.45) is 0 Å². The van der Waals surface area contributed by atoms with E-state index in [1.165, 1.54) is 25.0 Å². The van der Waals surface area contributed by atoms with Gasteiger partial charge in [0.15, 0.2) is 0 Å². The standard InChI is InChI=1S/C12H11FN2/c13-9-3-1-8-2-6-12(14-10-4-5-10)15-11(8)7-9/h1-3,6-7,10H,4-5H2,(H,14,15). The molecule has 0 saturated heterocycles. The first-order valence-electron chi connectivity index (χ1n) is 5.14. The third-order valence-electron chi connectivity index (χ3n) is 2.58. The molecule has 1 aromatic carbocycles. The molecule has 1 fully saturated rings. The molecular formula is C12H11FN2. The second-order valence-corrected chi connectivity index (χ2v) is 3.95. The van der Waals surface area contributed by atoms with E-state index < -0.39 is 0 Å². The minimum absolute atomic E-state index is 0.237. The average Bonchev–Trinajstić information content (AvgIpc) is 3.01. The average molecular weight is 202 g/mol. The Balaban J connectivity index is 2.03. The number of halogens is 1. The van der Waals surface area contributed by atoms with E-state index in [2.05, 4.69) is 10.3 Å². The molecule has 1 heterocycles. The van der Waals surface area contributed by atoms with E-state index in [0.717, 1.165) is 11.2 Å². The van der Waals surface area contributed by atoms with E-state index in [-0.39, 0.29) is 5.82 Å². The number of hydrogen-bond donors (Lipinski definition) is 1. The van der Waals surface area contributed by atoms with Gasteiger partial charge in [-0.25, -0.2) is 9.37 Å². The maximum Gasteiger partial charge on any atom is 0.126 e. The molecule has 1 N–H and O–H groups in total. The van der Waals surface area contributed by atoms with E-state index in [9.17, 15) is 4.39 Å². The first-order valence-corrected chi connectivity index (χ1v) is 5.14. The van der Waals surface area contributed by atoms with Crippen molar-refractivity contribution >= 4 is 16.7 Å². The number of anilines is 1. The number of benzene rings is 1. The number of fused-ring (bicyclic) bond motifs is 1. The summed E-state index contributed by atoms with van der Waals surface area (Å²) in [5, 5.41) is 4.26. The maximum atomic E-state index is 13.0. The molecule has 0 aliphatic heterocycles. The Hall–Kier alpha value is -1.64. The lowest BCUT2D eigenvalue weighted by Crippen LogP contribution is -2.02. The van der Waals surface area contributed by atoms with Gasteiger partial charge in [-0.05, 0) is 37.1 Å². The lowest BCUT2D eigenvalue weighted by molar-refractivity contribution is 0.629. The Morgan fingerprint density at radius 1 is 1.20 bits per heavy atom. The van der Waals surface area contributed by atoms with Crippen LogP contribution in [0, 0.1) is 5.82 Å². The zero-order valence-corrected chi connectivity index (χ0v) is 8.20. The quantitative estimate of drug-likeness (QED) is 0.809. The highest BCUT2D eigenvalue weighted by atomic mass is 19.1. The number of aromatic nitrogens is 1. The van der Waals surface area contributed by atoms with Gasteiger partial charge in [0.05, 0.1) is 5.52 Å². The minimum Gasteiger partial charge on any atom is -0.367 e. The van der Waals surface area contributed by atoms with Crippen LogP contribution in [0.5, 0.6) is 0 Å². The van der Waals surface area contributed by atoms with E-state index in [1.807, 2.05) is 12.1 Å². The van der Waals surface area contributed by atoms with Crippen LogP contribution in [0.3, 0.4) is 0 Å². The van der Waals surface area contributed by atoms with Crippen LogP contribution < -0.4 is 5.32 Å². The molecule has 1 saturated carbocycles. The molecule has 3 rings (SSSR count). The van der Waals surface area contributed by atoms with Gasteiger partial charge in [-0.2, -0.15) is 0 Å². The summed E-state index contributed by atoms with van der Waals surface area (Å²) in [5.41, 5.74) is 0.709. The molecular weight excluding hydrogens is 191 g/mol. The summed E-state index contributed by atoms with van der Waals surface area (Å²) in [6, 6.07) is 9.15. The van der Waals surface area contributed by atoms with Gasteiger partial charge in [0.25, 0.3) is 0 Å². The number of nitrogens with zero attached hydrogens (tertiary/aromatic N) is 1. The van der Waals surface area contributed by atoms with Crippen molar-refractivity contribution in [1.29, 1.82) is 0 Å². The first kappa shape index (κ1) is 8.65. The summed E-state index contributed by atoms with van der Waals surface area (Å²) in [4.78, 5) is 4.37. The molecule has 2 nitrogen and oxygen atoms in total. The van der Waals surface area contributed by atoms with Crippen LogP contribution in [0.25, 0.3) is 10.9 Å². The lowest BCUT2D eigenvalue weighted by atomic mass is 10.2. The molecule has 76 valence electrons. The third kappa shape index (κ3) is 1.77. The van der Waals surface area contributed by atoms with Gasteiger partial charge < -0.3 is 5.32 Å². The summed E-state index contributed by atoms with van der Waals surface area (Å²) in [6.07, 6.45) is 2.42. The molecule has 0 radical (unpaired) electrons. The minimum atomic E-state index is -0.237. The summed E-state index contributed by atoms with van der Waals surface area (Å²) >= 11 is 0. The number of nitrogens with one attached hydrogen (secondary N) is 1. The van der Waals surface area contributed by atoms with E-state index in [4.69, 9.17) is 0 Å². The number of rotatable bonds is 2. The SMILES string of the molecule is Fc1ccc2ccc(NC3CC3)nc2c1. The first-order chi connectivity index (χ1) is 7.31. The molecule has 0 atom stereocenters. The van der Waals surface area contributed by atoms with Crippen molar-refractivity contribution in [2.45, 2.75) is 18.9 Å². The van der Waals surface area contributed by atoms with Crippen molar-refractivity contribution in [2.75, 3.05) is 5.32 Å². The van der Waals surface area contributed by atoms with Crippen LogP contribution in [-0.4, -0.2) is 11.0 Å². The van der Waals surface area contributed by atoms with Crippen LogP contribution >= 0.6 is 0 Å². The zero-order valence-electron chi connectivity index (χ0n) is 8.20. The third-order valence-corrected chi connectivity index (χ3v) is 2.58. The van der Waals surface area contributed by atoms with Crippen LogP contribution in [-0.2, 0) is 0 Å². The van der Waals surface area contributed by atoms with E-state index in [1.54, 1.807) is 6.07 Å². The molecule has 15 heavy (non-hydrogen) atoms. The van der Waals surface area contributed by atoms with Gasteiger partial charge in [-0.15, -0.1) is 0 Å². The van der Waals surface area contributed by atoms with Gasteiger partial charge in [0, 0.05) is 17.5 Å². The Morgan fingerprint density at radius 3 is 2.80 bits per heavy atom. The van der Waals surface area contributed by atoms with Crippen molar-refractivity contribution < 1.29 is 4.39 Å². The monoisotopic (exact) mass is 202 g/mol. The normalized spacial score (nSPS) is 15.5. The van der Waals surface area contributed by atoms with Crippen LogP contribution in [0.1, 0.15) is 12.8 Å².